The molecule has 1 aromatic heterocycles. The predicted molar refractivity (Wildman–Crippen MR) is 122 cm³/mol. The van der Waals surface area contributed by atoms with Crippen LogP contribution in [0, 0.1) is 0 Å². The highest BCUT2D eigenvalue weighted by atomic mass is 32.1. The fraction of sp³-hybridized carbons (Fsp3) is 0.167. The van der Waals surface area contributed by atoms with E-state index >= 15 is 0 Å². The molecule has 0 radical (unpaired) electrons. The molecule has 0 aliphatic heterocycles. The van der Waals surface area contributed by atoms with Crippen LogP contribution in [0.4, 0.5) is 0 Å². The number of ether oxygens (including phenoxy) is 2. The lowest BCUT2D eigenvalue weighted by atomic mass is 10.0. The molecule has 0 spiro atoms. The fourth-order valence-corrected chi connectivity index (χ4v) is 3.79. The molecule has 0 aliphatic rings. The smallest absolute Gasteiger partial charge is 0.317 e. The van der Waals surface area contributed by atoms with E-state index in [4.69, 9.17) is 14.6 Å². The summed E-state index contributed by atoms with van der Waals surface area (Å²) >= 11 is 1.61. The third-order valence-electron chi connectivity index (χ3n) is 4.60. The number of carbonyl (C=O) groups is 2. The van der Waals surface area contributed by atoms with E-state index in [-0.39, 0.29) is 12.3 Å². The monoisotopic (exact) mass is 437 g/mol. The summed E-state index contributed by atoms with van der Waals surface area (Å²) in [4.78, 5) is 24.2. The molecule has 2 N–H and O–H groups in total. The SMILES string of the molecule is COc1cc(OC)c(-c2cccs2)cc1/C=C/C(=O)c1ccc(CNCC(=O)O)cc1. The molecule has 0 aliphatic carbocycles. The number of ketones is 1. The summed E-state index contributed by atoms with van der Waals surface area (Å²) in [6.07, 6.45) is 3.25. The second kappa shape index (κ2) is 10.6. The highest BCUT2D eigenvalue weighted by Crippen LogP contribution is 2.38. The lowest BCUT2D eigenvalue weighted by Crippen LogP contribution is -2.21. The molecule has 2 aromatic carbocycles. The first-order valence-corrected chi connectivity index (χ1v) is 10.4. The van der Waals surface area contributed by atoms with Crippen molar-refractivity contribution in [2.24, 2.45) is 0 Å². The van der Waals surface area contributed by atoms with Gasteiger partial charge in [0.1, 0.15) is 11.5 Å². The molecule has 3 rings (SSSR count). The number of thiophene rings is 1. The Morgan fingerprint density at radius 3 is 2.42 bits per heavy atom. The second-order valence-electron chi connectivity index (χ2n) is 6.66. The number of hydrogen-bond donors (Lipinski definition) is 2. The second-order valence-corrected chi connectivity index (χ2v) is 7.61. The van der Waals surface area contributed by atoms with E-state index in [0.717, 1.165) is 21.6 Å². The third kappa shape index (κ3) is 5.81. The van der Waals surface area contributed by atoms with Gasteiger partial charge in [0, 0.05) is 34.2 Å². The zero-order valence-electron chi connectivity index (χ0n) is 17.3. The molecular weight excluding hydrogens is 414 g/mol. The maximum atomic E-state index is 12.6. The van der Waals surface area contributed by atoms with Crippen molar-refractivity contribution in [2.75, 3.05) is 20.8 Å². The minimum atomic E-state index is -0.909. The summed E-state index contributed by atoms with van der Waals surface area (Å²) in [5.41, 5.74) is 3.15. The Hall–Kier alpha value is -3.42. The van der Waals surface area contributed by atoms with Crippen LogP contribution in [0.1, 0.15) is 21.5 Å². The Bertz CT molecular complexity index is 1070. The van der Waals surface area contributed by atoms with Crippen LogP contribution >= 0.6 is 11.3 Å². The minimum absolute atomic E-state index is 0.111. The molecule has 0 saturated heterocycles. The van der Waals surface area contributed by atoms with Gasteiger partial charge in [0.2, 0.25) is 0 Å². The number of aliphatic carboxylic acids is 1. The van der Waals surface area contributed by atoms with Gasteiger partial charge in [-0.3, -0.25) is 9.59 Å². The molecule has 0 fully saturated rings. The Kier molecular flexibility index (Phi) is 7.59. The third-order valence-corrected chi connectivity index (χ3v) is 5.50. The van der Waals surface area contributed by atoms with E-state index in [1.807, 2.05) is 29.6 Å². The van der Waals surface area contributed by atoms with Gasteiger partial charge < -0.3 is 19.9 Å². The molecular formula is C24H23NO5S. The first-order valence-electron chi connectivity index (χ1n) is 9.55. The van der Waals surface area contributed by atoms with E-state index in [1.165, 1.54) is 6.08 Å². The van der Waals surface area contributed by atoms with Crippen molar-refractivity contribution in [1.82, 2.24) is 5.32 Å². The summed E-state index contributed by atoms with van der Waals surface area (Å²) in [7, 11) is 3.20. The minimum Gasteiger partial charge on any atom is -0.496 e. The number of hydrogen-bond acceptors (Lipinski definition) is 6. The van der Waals surface area contributed by atoms with Crippen LogP contribution in [0.2, 0.25) is 0 Å². The summed E-state index contributed by atoms with van der Waals surface area (Å²) in [5.74, 6) is 0.268. The summed E-state index contributed by atoms with van der Waals surface area (Å²) in [6, 6.07) is 14.8. The number of nitrogens with one attached hydrogen (secondary N) is 1. The van der Waals surface area contributed by atoms with Crippen molar-refractivity contribution in [3.05, 3.63) is 76.7 Å². The number of carboxylic acid groups (broad SMARTS) is 1. The van der Waals surface area contributed by atoms with Crippen molar-refractivity contribution in [3.8, 4) is 21.9 Å². The van der Waals surface area contributed by atoms with Crippen LogP contribution < -0.4 is 14.8 Å². The van der Waals surface area contributed by atoms with Crippen LogP contribution in [0.5, 0.6) is 11.5 Å². The van der Waals surface area contributed by atoms with Crippen molar-refractivity contribution in [1.29, 1.82) is 0 Å². The quantitative estimate of drug-likeness (QED) is 0.359. The Labute approximate surface area is 184 Å². The molecule has 0 unspecified atom stereocenters. The van der Waals surface area contributed by atoms with Gasteiger partial charge in [-0.05, 0) is 35.2 Å². The van der Waals surface area contributed by atoms with Crippen LogP contribution in [-0.2, 0) is 11.3 Å². The number of carbonyl (C=O) groups excluding carboxylic acids is 1. The average molecular weight is 438 g/mol. The van der Waals surface area contributed by atoms with Gasteiger partial charge in [0.25, 0.3) is 0 Å². The summed E-state index contributed by atoms with van der Waals surface area (Å²) in [6.45, 7) is 0.311. The van der Waals surface area contributed by atoms with Crippen molar-refractivity contribution >= 4 is 29.2 Å². The molecule has 160 valence electrons. The number of carboxylic acids is 1. The van der Waals surface area contributed by atoms with Gasteiger partial charge in [0.15, 0.2) is 5.78 Å². The highest BCUT2D eigenvalue weighted by molar-refractivity contribution is 7.13. The van der Waals surface area contributed by atoms with E-state index in [0.29, 0.717) is 23.6 Å². The lowest BCUT2D eigenvalue weighted by molar-refractivity contribution is -0.136. The standard InChI is InChI=1S/C24H23NO5S/c1-29-21-13-22(30-2)19(23-4-3-11-31-23)12-18(21)9-10-20(26)17-7-5-16(6-8-17)14-25-15-24(27)28/h3-13,25H,14-15H2,1-2H3,(H,27,28)/b10-9+. The molecule has 0 bridgehead atoms. The molecule has 3 aromatic rings. The van der Waals surface area contributed by atoms with E-state index in [2.05, 4.69) is 5.32 Å². The first-order chi connectivity index (χ1) is 15.0. The topological polar surface area (TPSA) is 84.9 Å². The fourth-order valence-electron chi connectivity index (χ4n) is 3.04. The molecule has 0 saturated carbocycles. The predicted octanol–water partition coefficient (Wildman–Crippen LogP) is 4.50. The van der Waals surface area contributed by atoms with E-state index in [1.54, 1.807) is 55.9 Å². The van der Waals surface area contributed by atoms with Crippen LogP contribution in [0.3, 0.4) is 0 Å². The largest absolute Gasteiger partial charge is 0.496 e. The van der Waals surface area contributed by atoms with Gasteiger partial charge in [0.05, 0.1) is 20.8 Å². The van der Waals surface area contributed by atoms with Gasteiger partial charge in [-0.1, -0.05) is 30.3 Å². The molecule has 7 heteroatoms. The highest BCUT2D eigenvalue weighted by Gasteiger charge is 2.13. The first kappa shape index (κ1) is 22.3. The Morgan fingerprint density at radius 2 is 1.81 bits per heavy atom. The van der Waals surface area contributed by atoms with Gasteiger partial charge in [-0.25, -0.2) is 0 Å². The Balaban J connectivity index is 1.78. The zero-order valence-corrected chi connectivity index (χ0v) is 18.1. The summed E-state index contributed by atoms with van der Waals surface area (Å²) < 4.78 is 11.0. The lowest BCUT2D eigenvalue weighted by Gasteiger charge is -2.12. The van der Waals surface area contributed by atoms with Gasteiger partial charge in [-0.2, -0.15) is 0 Å². The van der Waals surface area contributed by atoms with E-state index in [9.17, 15) is 9.59 Å². The number of allylic oxidation sites excluding steroid dienone is 1. The molecule has 0 amide bonds. The van der Waals surface area contributed by atoms with Gasteiger partial charge in [-0.15, -0.1) is 11.3 Å². The van der Waals surface area contributed by atoms with Crippen molar-refractivity contribution < 1.29 is 24.2 Å². The maximum Gasteiger partial charge on any atom is 0.317 e. The van der Waals surface area contributed by atoms with Crippen molar-refractivity contribution in [3.63, 3.8) is 0 Å². The number of benzene rings is 2. The number of rotatable bonds is 10. The molecule has 0 atom stereocenters. The van der Waals surface area contributed by atoms with Crippen LogP contribution in [0.25, 0.3) is 16.5 Å². The number of methoxy groups -OCH3 is 2. The maximum absolute atomic E-state index is 12.6. The Morgan fingerprint density at radius 1 is 1.06 bits per heavy atom. The van der Waals surface area contributed by atoms with Crippen LogP contribution in [-0.4, -0.2) is 37.6 Å². The van der Waals surface area contributed by atoms with E-state index < -0.39 is 5.97 Å². The molecule has 31 heavy (non-hydrogen) atoms. The van der Waals surface area contributed by atoms with Crippen molar-refractivity contribution in [2.45, 2.75) is 6.54 Å². The van der Waals surface area contributed by atoms with Gasteiger partial charge >= 0.3 is 5.97 Å². The van der Waals surface area contributed by atoms with Crippen LogP contribution in [0.15, 0.2) is 60.0 Å². The normalized spacial score (nSPS) is 10.9. The zero-order chi connectivity index (χ0) is 22.2. The molecule has 1 heterocycles. The summed E-state index contributed by atoms with van der Waals surface area (Å²) in [5, 5.41) is 13.5. The molecule has 6 nitrogen and oxygen atoms in total. The average Bonchev–Trinajstić information content (AvgIpc) is 3.32.